The second kappa shape index (κ2) is 4.76. The lowest BCUT2D eigenvalue weighted by Gasteiger charge is -2.28. The van der Waals surface area contributed by atoms with Crippen molar-refractivity contribution in [1.82, 2.24) is 4.90 Å². The van der Waals surface area contributed by atoms with Crippen LogP contribution in [0.2, 0.25) is 0 Å². The molecule has 1 saturated heterocycles. The van der Waals surface area contributed by atoms with E-state index in [9.17, 15) is 4.79 Å². The third-order valence-electron chi connectivity index (χ3n) is 2.28. The molecule has 0 aromatic carbocycles. The van der Waals surface area contributed by atoms with Crippen molar-refractivity contribution in [3.05, 3.63) is 0 Å². The summed E-state index contributed by atoms with van der Waals surface area (Å²) in [5.74, 6) is 6.51. The van der Waals surface area contributed by atoms with Gasteiger partial charge in [-0.25, -0.2) is 4.79 Å². The van der Waals surface area contributed by atoms with Crippen molar-refractivity contribution < 1.29 is 9.53 Å². The summed E-state index contributed by atoms with van der Waals surface area (Å²) in [5.41, 5.74) is 0. The molecule has 72 valence electrons. The van der Waals surface area contributed by atoms with E-state index < -0.39 is 0 Å². The summed E-state index contributed by atoms with van der Waals surface area (Å²) < 4.78 is 4.64. The van der Waals surface area contributed by atoms with E-state index in [0.29, 0.717) is 5.92 Å². The molecule has 0 N–H and O–H groups in total. The molecule has 0 radical (unpaired) electrons. The SMILES string of the molecule is CC#CC1CCN(C(=O)OC)CC1. The van der Waals surface area contributed by atoms with Gasteiger partial charge in [0, 0.05) is 19.0 Å². The van der Waals surface area contributed by atoms with E-state index >= 15 is 0 Å². The van der Waals surface area contributed by atoms with E-state index in [1.165, 1.54) is 7.11 Å². The standard InChI is InChI=1S/C10H15NO2/c1-3-4-9-5-7-11(8-6-9)10(12)13-2/h9H,5-8H2,1-2H3. The van der Waals surface area contributed by atoms with Crippen LogP contribution in [0.3, 0.4) is 0 Å². The van der Waals surface area contributed by atoms with Crippen LogP contribution in [0.5, 0.6) is 0 Å². The summed E-state index contributed by atoms with van der Waals surface area (Å²) in [7, 11) is 1.42. The predicted octanol–water partition coefficient (Wildman–Crippen LogP) is 1.49. The molecule has 0 saturated carbocycles. The Morgan fingerprint density at radius 2 is 2.08 bits per heavy atom. The minimum atomic E-state index is -0.220. The molecule has 13 heavy (non-hydrogen) atoms. The smallest absolute Gasteiger partial charge is 0.409 e. The van der Waals surface area contributed by atoms with Crippen molar-refractivity contribution >= 4 is 6.09 Å². The molecule has 0 bridgehead atoms. The molecule has 0 aromatic heterocycles. The lowest BCUT2D eigenvalue weighted by atomic mass is 9.98. The quantitative estimate of drug-likeness (QED) is 0.530. The largest absolute Gasteiger partial charge is 0.453 e. The number of hydrogen-bond acceptors (Lipinski definition) is 2. The molecule has 1 heterocycles. The zero-order valence-corrected chi connectivity index (χ0v) is 8.17. The number of carbonyl (C=O) groups is 1. The molecule has 3 heteroatoms. The number of likely N-dealkylation sites (tertiary alicyclic amines) is 1. The van der Waals surface area contributed by atoms with Crippen molar-refractivity contribution in [1.29, 1.82) is 0 Å². The predicted molar refractivity (Wildman–Crippen MR) is 50.2 cm³/mol. The Bertz CT molecular complexity index is 231. The average Bonchev–Trinajstić information content (AvgIpc) is 2.18. The van der Waals surface area contributed by atoms with Crippen molar-refractivity contribution in [2.45, 2.75) is 19.8 Å². The van der Waals surface area contributed by atoms with E-state index in [4.69, 9.17) is 0 Å². The monoisotopic (exact) mass is 181 g/mol. The summed E-state index contributed by atoms with van der Waals surface area (Å²) in [5, 5.41) is 0. The normalized spacial score (nSPS) is 17.5. The topological polar surface area (TPSA) is 29.5 Å². The second-order valence-corrected chi connectivity index (χ2v) is 3.13. The summed E-state index contributed by atoms with van der Waals surface area (Å²) in [4.78, 5) is 12.8. The van der Waals surface area contributed by atoms with Crippen molar-refractivity contribution in [2.24, 2.45) is 5.92 Å². The fourth-order valence-electron chi connectivity index (χ4n) is 1.54. The summed E-state index contributed by atoms with van der Waals surface area (Å²) in [6.45, 7) is 3.39. The molecule has 1 rings (SSSR count). The van der Waals surface area contributed by atoms with E-state index in [1.54, 1.807) is 4.90 Å². The van der Waals surface area contributed by atoms with Gasteiger partial charge < -0.3 is 9.64 Å². The number of amides is 1. The highest BCUT2D eigenvalue weighted by Gasteiger charge is 2.21. The molecular formula is C10H15NO2. The molecule has 1 amide bonds. The van der Waals surface area contributed by atoms with Crippen LogP contribution in [0.1, 0.15) is 19.8 Å². The molecular weight excluding hydrogens is 166 g/mol. The number of hydrogen-bond donors (Lipinski definition) is 0. The maximum absolute atomic E-state index is 11.1. The third-order valence-corrected chi connectivity index (χ3v) is 2.28. The molecule has 0 atom stereocenters. The number of methoxy groups -OCH3 is 1. The fraction of sp³-hybridized carbons (Fsp3) is 0.700. The second-order valence-electron chi connectivity index (χ2n) is 3.13. The van der Waals surface area contributed by atoms with Crippen LogP contribution in [0.25, 0.3) is 0 Å². The number of carbonyl (C=O) groups excluding carboxylic acids is 1. The number of piperidine rings is 1. The van der Waals surface area contributed by atoms with Crippen LogP contribution in [0.4, 0.5) is 4.79 Å². The minimum absolute atomic E-state index is 0.220. The summed E-state index contributed by atoms with van der Waals surface area (Å²) >= 11 is 0. The van der Waals surface area contributed by atoms with Gasteiger partial charge in [0.25, 0.3) is 0 Å². The van der Waals surface area contributed by atoms with Crippen LogP contribution in [0.15, 0.2) is 0 Å². The van der Waals surface area contributed by atoms with Gasteiger partial charge in [-0.3, -0.25) is 0 Å². The molecule has 1 fully saturated rings. The Balaban J connectivity index is 2.37. The van der Waals surface area contributed by atoms with Gasteiger partial charge in [0.1, 0.15) is 0 Å². The fourth-order valence-corrected chi connectivity index (χ4v) is 1.54. The zero-order valence-electron chi connectivity index (χ0n) is 8.17. The molecule has 0 aromatic rings. The van der Waals surface area contributed by atoms with Crippen LogP contribution in [0, 0.1) is 17.8 Å². The highest BCUT2D eigenvalue weighted by Crippen LogP contribution is 2.16. The number of nitrogens with zero attached hydrogens (tertiary/aromatic N) is 1. The molecule has 3 nitrogen and oxygen atoms in total. The van der Waals surface area contributed by atoms with E-state index in [0.717, 1.165) is 25.9 Å². The molecule has 0 spiro atoms. The number of rotatable bonds is 0. The maximum atomic E-state index is 11.1. The van der Waals surface area contributed by atoms with Gasteiger partial charge in [0.2, 0.25) is 0 Å². The van der Waals surface area contributed by atoms with Crippen LogP contribution in [-0.4, -0.2) is 31.2 Å². The first-order chi connectivity index (χ1) is 6.27. The average molecular weight is 181 g/mol. The van der Waals surface area contributed by atoms with Gasteiger partial charge in [-0.05, 0) is 19.8 Å². The van der Waals surface area contributed by atoms with Crippen molar-refractivity contribution in [2.75, 3.05) is 20.2 Å². The lowest BCUT2D eigenvalue weighted by Crippen LogP contribution is -2.38. The first kappa shape index (κ1) is 9.91. The van der Waals surface area contributed by atoms with Gasteiger partial charge in [0.05, 0.1) is 7.11 Å². The summed E-state index contributed by atoms with van der Waals surface area (Å²) in [6.07, 6.45) is 1.72. The van der Waals surface area contributed by atoms with Gasteiger partial charge in [0.15, 0.2) is 0 Å². The van der Waals surface area contributed by atoms with Gasteiger partial charge >= 0.3 is 6.09 Å². The highest BCUT2D eigenvalue weighted by atomic mass is 16.5. The first-order valence-corrected chi connectivity index (χ1v) is 4.53. The van der Waals surface area contributed by atoms with Gasteiger partial charge in [-0.15, -0.1) is 11.8 Å². The number of ether oxygens (including phenoxy) is 1. The molecule has 1 aliphatic heterocycles. The first-order valence-electron chi connectivity index (χ1n) is 4.53. The Morgan fingerprint density at radius 3 is 2.54 bits per heavy atom. The zero-order chi connectivity index (χ0) is 9.68. The molecule has 0 aliphatic carbocycles. The van der Waals surface area contributed by atoms with Crippen molar-refractivity contribution in [3.63, 3.8) is 0 Å². The summed E-state index contributed by atoms with van der Waals surface area (Å²) in [6, 6.07) is 0. The van der Waals surface area contributed by atoms with Crippen LogP contribution >= 0.6 is 0 Å². The minimum Gasteiger partial charge on any atom is -0.453 e. The van der Waals surface area contributed by atoms with Crippen LogP contribution < -0.4 is 0 Å². The van der Waals surface area contributed by atoms with Crippen LogP contribution in [-0.2, 0) is 4.74 Å². The Hall–Kier alpha value is -1.17. The molecule has 0 unspecified atom stereocenters. The highest BCUT2D eigenvalue weighted by molar-refractivity contribution is 5.67. The molecule has 1 aliphatic rings. The van der Waals surface area contributed by atoms with E-state index in [-0.39, 0.29) is 6.09 Å². The lowest BCUT2D eigenvalue weighted by molar-refractivity contribution is 0.111. The van der Waals surface area contributed by atoms with Crippen molar-refractivity contribution in [3.8, 4) is 11.8 Å². The Morgan fingerprint density at radius 1 is 1.46 bits per heavy atom. The Labute approximate surface area is 79.1 Å². The third kappa shape index (κ3) is 2.66. The van der Waals surface area contributed by atoms with E-state index in [1.807, 2.05) is 6.92 Å². The Kier molecular flexibility index (Phi) is 3.63. The maximum Gasteiger partial charge on any atom is 0.409 e. The van der Waals surface area contributed by atoms with E-state index in [2.05, 4.69) is 16.6 Å². The van der Waals surface area contributed by atoms with Gasteiger partial charge in [-0.1, -0.05) is 0 Å². The van der Waals surface area contributed by atoms with Gasteiger partial charge in [-0.2, -0.15) is 0 Å².